The van der Waals surface area contributed by atoms with Crippen molar-refractivity contribution in [1.82, 2.24) is 4.57 Å². The molecule has 1 saturated carbocycles. The van der Waals surface area contributed by atoms with Crippen molar-refractivity contribution in [3.05, 3.63) is 23.0 Å². The Balaban J connectivity index is 2.30. The van der Waals surface area contributed by atoms with Crippen LogP contribution in [0.15, 0.2) is 6.07 Å². The molecule has 1 heterocycles. The zero-order valence-electron chi connectivity index (χ0n) is 10.6. The van der Waals surface area contributed by atoms with Gasteiger partial charge < -0.3 is 9.67 Å². The van der Waals surface area contributed by atoms with Crippen LogP contribution >= 0.6 is 11.8 Å². The Morgan fingerprint density at radius 1 is 1.47 bits per heavy atom. The van der Waals surface area contributed by atoms with Crippen LogP contribution in [0.4, 0.5) is 0 Å². The van der Waals surface area contributed by atoms with Crippen molar-refractivity contribution in [2.24, 2.45) is 0 Å². The molecule has 1 aromatic heterocycles. The van der Waals surface area contributed by atoms with Gasteiger partial charge in [0.1, 0.15) is 0 Å². The van der Waals surface area contributed by atoms with E-state index >= 15 is 0 Å². The molecule has 0 radical (unpaired) electrons. The molecule has 0 bridgehead atoms. The van der Waals surface area contributed by atoms with Gasteiger partial charge in [0.25, 0.3) is 0 Å². The highest BCUT2D eigenvalue weighted by Gasteiger charge is 2.28. The number of aromatic carboxylic acids is 1. The number of aromatic nitrogens is 1. The van der Waals surface area contributed by atoms with Gasteiger partial charge in [-0.15, -0.1) is 0 Å². The molecule has 2 unspecified atom stereocenters. The molecule has 0 saturated heterocycles. The van der Waals surface area contributed by atoms with Crippen LogP contribution in [0.3, 0.4) is 0 Å². The van der Waals surface area contributed by atoms with E-state index < -0.39 is 5.97 Å². The quantitative estimate of drug-likeness (QED) is 0.899. The first-order valence-electron chi connectivity index (χ1n) is 5.99. The van der Waals surface area contributed by atoms with Crippen LogP contribution in [-0.4, -0.2) is 27.1 Å². The number of nitrogens with zero attached hydrogens (tertiary/aromatic N) is 1. The molecule has 1 aromatic rings. The third-order valence-corrected chi connectivity index (χ3v) is 4.86. The number of rotatable bonds is 3. The Kier molecular flexibility index (Phi) is 3.52. The first-order chi connectivity index (χ1) is 8.04. The summed E-state index contributed by atoms with van der Waals surface area (Å²) in [5, 5.41) is 9.86. The van der Waals surface area contributed by atoms with Crippen molar-refractivity contribution in [1.29, 1.82) is 0 Å². The summed E-state index contributed by atoms with van der Waals surface area (Å²) in [6.07, 6.45) is 5.73. The van der Waals surface area contributed by atoms with E-state index in [1.807, 2.05) is 25.6 Å². The molecule has 1 fully saturated rings. The number of hydrogen-bond acceptors (Lipinski definition) is 2. The van der Waals surface area contributed by atoms with Gasteiger partial charge in [0.2, 0.25) is 0 Å². The maximum Gasteiger partial charge on any atom is 0.337 e. The van der Waals surface area contributed by atoms with E-state index in [-0.39, 0.29) is 0 Å². The Morgan fingerprint density at radius 3 is 2.65 bits per heavy atom. The SMILES string of the molecule is CSC1CCC(n2c(C)cc(C(=O)O)c2C)C1. The lowest BCUT2D eigenvalue weighted by Gasteiger charge is -2.17. The molecular formula is C13H19NO2S. The van der Waals surface area contributed by atoms with Crippen molar-refractivity contribution < 1.29 is 9.90 Å². The Labute approximate surface area is 106 Å². The van der Waals surface area contributed by atoms with E-state index in [2.05, 4.69) is 10.8 Å². The normalized spacial score (nSPS) is 24.2. The van der Waals surface area contributed by atoms with Gasteiger partial charge in [0.15, 0.2) is 0 Å². The van der Waals surface area contributed by atoms with Gasteiger partial charge in [0.05, 0.1) is 5.56 Å². The lowest BCUT2D eigenvalue weighted by atomic mass is 10.2. The predicted octanol–water partition coefficient (Wildman–Crippen LogP) is 3.26. The summed E-state index contributed by atoms with van der Waals surface area (Å²) in [7, 11) is 0. The summed E-state index contributed by atoms with van der Waals surface area (Å²) >= 11 is 1.93. The molecule has 0 aromatic carbocycles. The van der Waals surface area contributed by atoms with E-state index in [0.717, 1.165) is 23.1 Å². The molecule has 17 heavy (non-hydrogen) atoms. The van der Waals surface area contributed by atoms with Gasteiger partial charge in [-0.1, -0.05) is 0 Å². The Morgan fingerprint density at radius 2 is 2.18 bits per heavy atom. The minimum atomic E-state index is -0.816. The number of carboxylic acids is 1. The second-order valence-electron chi connectivity index (χ2n) is 4.78. The molecule has 94 valence electrons. The summed E-state index contributed by atoms with van der Waals surface area (Å²) < 4.78 is 2.22. The van der Waals surface area contributed by atoms with Gasteiger partial charge >= 0.3 is 5.97 Å². The van der Waals surface area contributed by atoms with Crippen molar-refractivity contribution in [2.75, 3.05) is 6.26 Å². The van der Waals surface area contributed by atoms with Crippen LogP contribution in [0, 0.1) is 13.8 Å². The van der Waals surface area contributed by atoms with Crippen molar-refractivity contribution >= 4 is 17.7 Å². The zero-order chi connectivity index (χ0) is 12.6. The molecule has 0 aliphatic heterocycles. The van der Waals surface area contributed by atoms with E-state index in [1.165, 1.54) is 12.8 Å². The van der Waals surface area contributed by atoms with E-state index in [4.69, 9.17) is 5.11 Å². The summed E-state index contributed by atoms with van der Waals surface area (Å²) in [6, 6.07) is 2.28. The highest BCUT2D eigenvalue weighted by atomic mass is 32.2. The first-order valence-corrected chi connectivity index (χ1v) is 7.28. The topological polar surface area (TPSA) is 42.2 Å². The van der Waals surface area contributed by atoms with Crippen LogP contribution in [0.2, 0.25) is 0 Å². The van der Waals surface area contributed by atoms with Crippen LogP contribution in [0.5, 0.6) is 0 Å². The van der Waals surface area contributed by atoms with E-state index in [0.29, 0.717) is 11.6 Å². The lowest BCUT2D eigenvalue weighted by Crippen LogP contribution is -2.10. The van der Waals surface area contributed by atoms with Crippen molar-refractivity contribution in [2.45, 2.75) is 44.4 Å². The van der Waals surface area contributed by atoms with Crippen LogP contribution in [-0.2, 0) is 0 Å². The molecule has 1 N–H and O–H groups in total. The molecule has 1 aliphatic carbocycles. The monoisotopic (exact) mass is 253 g/mol. The van der Waals surface area contributed by atoms with E-state index in [1.54, 1.807) is 6.07 Å². The second-order valence-corrected chi connectivity index (χ2v) is 5.92. The number of thioether (sulfide) groups is 1. The van der Waals surface area contributed by atoms with Gasteiger partial charge in [-0.05, 0) is 45.4 Å². The molecule has 3 nitrogen and oxygen atoms in total. The van der Waals surface area contributed by atoms with Gasteiger partial charge in [-0.2, -0.15) is 11.8 Å². The molecule has 2 atom stereocenters. The largest absolute Gasteiger partial charge is 0.478 e. The maximum absolute atomic E-state index is 11.1. The number of aryl methyl sites for hydroxylation is 1. The zero-order valence-corrected chi connectivity index (χ0v) is 11.4. The Hall–Kier alpha value is -0.900. The Bertz CT molecular complexity index is 439. The summed E-state index contributed by atoms with van der Waals surface area (Å²) in [6.45, 7) is 3.93. The fourth-order valence-corrected chi connectivity index (χ4v) is 3.71. The molecule has 2 rings (SSSR count). The standard InChI is InChI=1S/C13H19NO2S/c1-8-6-12(13(15)16)9(2)14(8)10-4-5-11(7-10)17-3/h6,10-11H,4-5,7H2,1-3H3,(H,15,16). The summed E-state index contributed by atoms with van der Waals surface area (Å²) in [4.78, 5) is 11.1. The molecule has 1 aliphatic rings. The van der Waals surface area contributed by atoms with Crippen molar-refractivity contribution in [3.63, 3.8) is 0 Å². The first kappa shape index (κ1) is 12.6. The molecule has 4 heteroatoms. The van der Waals surface area contributed by atoms with Gasteiger partial charge in [0, 0.05) is 22.7 Å². The average molecular weight is 253 g/mol. The van der Waals surface area contributed by atoms with Gasteiger partial charge in [-0.3, -0.25) is 0 Å². The average Bonchev–Trinajstić information content (AvgIpc) is 2.83. The summed E-state index contributed by atoms with van der Waals surface area (Å²) in [5.41, 5.74) is 2.43. The highest BCUT2D eigenvalue weighted by molar-refractivity contribution is 7.99. The summed E-state index contributed by atoms with van der Waals surface area (Å²) in [5.74, 6) is -0.816. The minimum absolute atomic E-state index is 0.454. The number of carbonyl (C=O) groups is 1. The smallest absolute Gasteiger partial charge is 0.337 e. The van der Waals surface area contributed by atoms with Gasteiger partial charge in [-0.25, -0.2) is 4.79 Å². The van der Waals surface area contributed by atoms with Crippen LogP contribution < -0.4 is 0 Å². The lowest BCUT2D eigenvalue weighted by molar-refractivity contribution is 0.0696. The second kappa shape index (κ2) is 4.77. The fourth-order valence-electron chi connectivity index (χ4n) is 2.92. The fraction of sp³-hybridized carbons (Fsp3) is 0.615. The number of carboxylic acid groups (broad SMARTS) is 1. The third kappa shape index (κ3) is 2.23. The third-order valence-electron chi connectivity index (χ3n) is 3.77. The van der Waals surface area contributed by atoms with Crippen LogP contribution in [0.25, 0.3) is 0 Å². The van der Waals surface area contributed by atoms with Crippen LogP contribution in [0.1, 0.15) is 47.1 Å². The predicted molar refractivity (Wildman–Crippen MR) is 71.1 cm³/mol. The van der Waals surface area contributed by atoms with E-state index in [9.17, 15) is 4.79 Å². The maximum atomic E-state index is 11.1. The molecular weight excluding hydrogens is 234 g/mol. The van der Waals surface area contributed by atoms with Crippen molar-refractivity contribution in [3.8, 4) is 0 Å². The number of hydrogen-bond donors (Lipinski definition) is 1. The highest BCUT2D eigenvalue weighted by Crippen LogP contribution is 2.38. The minimum Gasteiger partial charge on any atom is -0.478 e. The molecule has 0 spiro atoms. The molecule has 0 amide bonds.